The minimum atomic E-state index is 0.792. The summed E-state index contributed by atoms with van der Waals surface area (Å²) < 4.78 is 0. The van der Waals surface area contributed by atoms with E-state index in [1.165, 1.54) is 74.2 Å². The predicted octanol–water partition coefficient (Wildman–Crippen LogP) is 6.18. The Labute approximate surface area is 160 Å². The fraction of sp³-hybridized carbons (Fsp3) is 0.545. The third kappa shape index (κ3) is 4.64. The first-order chi connectivity index (χ1) is 12.4. The lowest BCUT2D eigenvalue weighted by Gasteiger charge is -2.40. The van der Waals surface area contributed by atoms with Crippen molar-refractivity contribution in [3.8, 4) is 0 Å². The molecule has 0 amide bonds. The van der Waals surface area contributed by atoms with Gasteiger partial charge in [0.05, 0.1) is 0 Å². The zero-order valence-corrected chi connectivity index (χ0v) is 16.7. The Morgan fingerprint density at radius 2 is 1.68 bits per heavy atom. The van der Waals surface area contributed by atoms with Crippen LogP contribution < -0.4 is 0 Å². The molecule has 3 heteroatoms. The molecule has 1 saturated carbocycles. The van der Waals surface area contributed by atoms with Crippen LogP contribution in [0.3, 0.4) is 0 Å². The van der Waals surface area contributed by atoms with Gasteiger partial charge in [0.25, 0.3) is 0 Å². The zero-order chi connectivity index (χ0) is 16.9. The van der Waals surface area contributed by atoms with Crippen molar-refractivity contribution < 1.29 is 0 Å². The van der Waals surface area contributed by atoms with Crippen molar-refractivity contribution in [2.24, 2.45) is 5.92 Å². The van der Waals surface area contributed by atoms with Gasteiger partial charge in [-0.3, -0.25) is 4.90 Å². The van der Waals surface area contributed by atoms with Crippen LogP contribution in [0.4, 0.5) is 0 Å². The molecule has 0 aliphatic heterocycles. The number of hydrogen-bond acceptors (Lipinski definition) is 3. The molecule has 2 aliphatic carbocycles. The van der Waals surface area contributed by atoms with Crippen LogP contribution in [0.25, 0.3) is 0 Å². The van der Waals surface area contributed by atoms with Crippen molar-refractivity contribution in [3.63, 3.8) is 0 Å². The molecule has 0 N–H and O–H groups in total. The maximum Gasteiger partial charge on any atom is 0.0104 e. The summed E-state index contributed by atoms with van der Waals surface area (Å²) in [5.74, 6) is 0.887. The van der Waals surface area contributed by atoms with Crippen LogP contribution in [-0.2, 0) is 12.8 Å². The second-order valence-electron chi connectivity index (χ2n) is 7.53. The van der Waals surface area contributed by atoms with E-state index in [4.69, 9.17) is 0 Å². The number of allylic oxidation sites excluding steroid dienone is 2. The van der Waals surface area contributed by atoms with E-state index in [0.717, 1.165) is 12.0 Å². The molecule has 0 saturated heterocycles. The van der Waals surface area contributed by atoms with Gasteiger partial charge in [-0.2, -0.15) is 0 Å². The number of thiophene rings is 2. The molecule has 1 fully saturated rings. The molecule has 4 rings (SSSR count). The van der Waals surface area contributed by atoms with Crippen LogP contribution in [0.15, 0.2) is 46.7 Å². The van der Waals surface area contributed by atoms with Crippen molar-refractivity contribution in [1.29, 1.82) is 0 Å². The Bertz CT molecular complexity index is 618. The Morgan fingerprint density at radius 1 is 0.960 bits per heavy atom. The highest BCUT2D eigenvalue weighted by Crippen LogP contribution is 2.38. The molecule has 2 unspecified atom stereocenters. The third-order valence-electron chi connectivity index (χ3n) is 5.98. The van der Waals surface area contributed by atoms with Gasteiger partial charge in [0.2, 0.25) is 0 Å². The molecule has 2 atom stereocenters. The fourth-order valence-corrected chi connectivity index (χ4v) is 5.98. The normalized spacial score (nSPS) is 23.5. The summed E-state index contributed by atoms with van der Waals surface area (Å²) in [7, 11) is 0. The number of nitrogens with zero attached hydrogens (tertiary/aromatic N) is 1. The van der Waals surface area contributed by atoms with E-state index < -0.39 is 0 Å². The Hall–Kier alpha value is -0.900. The van der Waals surface area contributed by atoms with Crippen molar-refractivity contribution >= 4 is 22.7 Å². The number of rotatable bonds is 7. The summed E-state index contributed by atoms with van der Waals surface area (Å²) >= 11 is 3.82. The molecule has 0 spiro atoms. The van der Waals surface area contributed by atoms with E-state index in [0.29, 0.717) is 0 Å². The highest BCUT2D eigenvalue weighted by Gasteiger charge is 2.30. The monoisotopic (exact) mass is 371 g/mol. The van der Waals surface area contributed by atoms with E-state index in [1.807, 2.05) is 22.7 Å². The topological polar surface area (TPSA) is 3.24 Å². The van der Waals surface area contributed by atoms with Gasteiger partial charge in [0.15, 0.2) is 0 Å². The SMILES string of the molecule is C1=C2CCC(N(CCc3cccs3)CCc3cccs3)CC2CCC1. The van der Waals surface area contributed by atoms with Gasteiger partial charge in [-0.15, -0.1) is 22.7 Å². The van der Waals surface area contributed by atoms with E-state index >= 15 is 0 Å². The number of fused-ring (bicyclic) bond motifs is 1. The zero-order valence-electron chi connectivity index (χ0n) is 15.0. The molecule has 25 heavy (non-hydrogen) atoms. The average molecular weight is 372 g/mol. The number of hydrogen-bond donors (Lipinski definition) is 0. The smallest absolute Gasteiger partial charge is 0.0104 e. The van der Waals surface area contributed by atoms with Gasteiger partial charge in [0, 0.05) is 28.9 Å². The van der Waals surface area contributed by atoms with Gasteiger partial charge in [-0.1, -0.05) is 23.8 Å². The fourth-order valence-electron chi connectivity index (χ4n) is 4.58. The molecule has 2 aliphatic rings. The third-order valence-corrected chi connectivity index (χ3v) is 7.85. The maximum atomic E-state index is 2.82. The Kier molecular flexibility index (Phi) is 6.06. The Morgan fingerprint density at radius 3 is 2.32 bits per heavy atom. The lowest BCUT2D eigenvalue weighted by molar-refractivity contribution is 0.147. The molecule has 2 heterocycles. The molecule has 0 radical (unpaired) electrons. The van der Waals surface area contributed by atoms with Gasteiger partial charge in [-0.25, -0.2) is 0 Å². The van der Waals surface area contributed by atoms with Gasteiger partial charge < -0.3 is 0 Å². The van der Waals surface area contributed by atoms with Crippen LogP contribution >= 0.6 is 22.7 Å². The standard InChI is InChI=1S/C22H29NS2/c1-2-6-19-17-20(10-9-18(19)5-1)23(13-11-21-7-3-15-24-21)14-12-22-8-4-16-25-22/h3-5,7-8,15-16,19-20H,1-2,6,9-14,17H2. The van der Waals surface area contributed by atoms with Crippen LogP contribution in [0, 0.1) is 5.92 Å². The lowest BCUT2D eigenvalue weighted by atomic mass is 9.75. The second kappa shape index (κ2) is 8.66. The minimum Gasteiger partial charge on any atom is -0.300 e. The van der Waals surface area contributed by atoms with Gasteiger partial charge >= 0.3 is 0 Å². The summed E-state index contributed by atoms with van der Waals surface area (Å²) in [6.45, 7) is 2.45. The van der Waals surface area contributed by atoms with Crippen molar-refractivity contribution in [2.45, 2.75) is 57.4 Å². The summed E-state index contributed by atoms with van der Waals surface area (Å²) in [5.41, 5.74) is 1.79. The van der Waals surface area contributed by atoms with Crippen molar-refractivity contribution in [3.05, 3.63) is 56.4 Å². The summed E-state index contributed by atoms with van der Waals surface area (Å²) in [5, 5.41) is 4.43. The largest absolute Gasteiger partial charge is 0.300 e. The first kappa shape index (κ1) is 17.5. The summed E-state index contributed by atoms with van der Waals surface area (Å²) in [4.78, 5) is 5.90. The predicted molar refractivity (Wildman–Crippen MR) is 111 cm³/mol. The van der Waals surface area contributed by atoms with Crippen LogP contribution in [0.1, 0.15) is 48.3 Å². The average Bonchev–Trinajstić information content (AvgIpc) is 3.35. The minimum absolute atomic E-state index is 0.792. The highest BCUT2D eigenvalue weighted by atomic mass is 32.1. The summed E-state index contributed by atoms with van der Waals surface area (Å²) in [6, 6.07) is 9.77. The van der Waals surface area contributed by atoms with Crippen molar-refractivity contribution in [1.82, 2.24) is 4.90 Å². The van der Waals surface area contributed by atoms with Gasteiger partial charge in [-0.05, 0) is 80.2 Å². The van der Waals surface area contributed by atoms with Crippen molar-refractivity contribution in [2.75, 3.05) is 13.1 Å². The first-order valence-corrected chi connectivity index (χ1v) is 11.6. The van der Waals surface area contributed by atoms with Gasteiger partial charge in [0.1, 0.15) is 0 Å². The molecular weight excluding hydrogens is 342 g/mol. The summed E-state index contributed by atoms with van der Waals surface area (Å²) in [6.07, 6.45) is 13.3. The molecule has 1 nitrogen and oxygen atoms in total. The Balaban J connectivity index is 1.40. The van der Waals surface area contributed by atoms with Crippen LogP contribution in [0.2, 0.25) is 0 Å². The van der Waals surface area contributed by atoms with E-state index in [-0.39, 0.29) is 0 Å². The van der Waals surface area contributed by atoms with Crippen LogP contribution in [-0.4, -0.2) is 24.0 Å². The molecule has 2 aromatic rings. The quantitative estimate of drug-likeness (QED) is 0.526. The van der Waals surface area contributed by atoms with E-state index in [1.54, 1.807) is 5.57 Å². The molecular formula is C22H29NS2. The van der Waals surface area contributed by atoms with E-state index in [9.17, 15) is 0 Å². The highest BCUT2D eigenvalue weighted by molar-refractivity contribution is 7.10. The lowest BCUT2D eigenvalue weighted by Crippen LogP contribution is -2.42. The maximum absolute atomic E-state index is 2.82. The van der Waals surface area contributed by atoms with E-state index in [2.05, 4.69) is 46.0 Å². The van der Waals surface area contributed by atoms with Crippen LogP contribution in [0.5, 0.6) is 0 Å². The molecule has 2 aromatic heterocycles. The second-order valence-corrected chi connectivity index (χ2v) is 9.59. The molecule has 0 aromatic carbocycles. The first-order valence-electron chi connectivity index (χ1n) is 9.86. The molecule has 0 bridgehead atoms. The molecule has 134 valence electrons.